The smallest absolute Gasteiger partial charge is 0.0289 e. The molecule has 0 atom stereocenters. The van der Waals surface area contributed by atoms with Crippen LogP contribution < -0.4 is 0 Å². The van der Waals surface area contributed by atoms with Crippen LogP contribution in [0.4, 0.5) is 0 Å². The molecule has 0 aliphatic carbocycles. The molecule has 0 rings (SSSR count). The molecule has 0 aromatic heterocycles. The normalized spacial score (nSPS) is 10.9. The second-order valence-electron chi connectivity index (χ2n) is 4.00. The molecule has 0 amide bonds. The Kier molecular flexibility index (Phi) is 9.35. The van der Waals surface area contributed by atoms with Gasteiger partial charge in [-0.15, -0.1) is 0 Å². The van der Waals surface area contributed by atoms with Crippen LogP contribution in [0.25, 0.3) is 0 Å². The van der Waals surface area contributed by atoms with Crippen molar-refractivity contribution in [1.82, 2.24) is 4.90 Å². The molecule has 88 valence electrons. The molecule has 0 heterocycles. The van der Waals surface area contributed by atoms with Crippen molar-refractivity contribution in [3.05, 3.63) is 24.4 Å². The van der Waals surface area contributed by atoms with E-state index >= 15 is 0 Å². The Hall–Kier alpha value is -0.720. The number of hydrogen-bond acceptors (Lipinski definition) is 1. The molecule has 1 heteroatoms. The zero-order valence-corrected chi connectivity index (χ0v) is 10.8. The van der Waals surface area contributed by atoms with Crippen LogP contribution in [-0.2, 0) is 0 Å². The molecule has 0 N–H and O–H groups in total. The Morgan fingerprint density at radius 2 is 1.60 bits per heavy atom. The van der Waals surface area contributed by atoms with E-state index in [9.17, 15) is 0 Å². The van der Waals surface area contributed by atoms with Crippen LogP contribution >= 0.6 is 0 Å². The van der Waals surface area contributed by atoms with Gasteiger partial charge in [-0.2, -0.15) is 0 Å². The molecule has 0 aliphatic rings. The van der Waals surface area contributed by atoms with Gasteiger partial charge in [0.1, 0.15) is 0 Å². The second-order valence-corrected chi connectivity index (χ2v) is 4.00. The minimum atomic E-state index is 1.09. The van der Waals surface area contributed by atoms with Crippen molar-refractivity contribution in [1.29, 1.82) is 0 Å². The standard InChI is InChI=1S/C14H27N/c1-5-8-11-14(4)15(12-9-6-2)13-10-7-3/h8,11H,4-7,9-10,12-13H2,1-3H3/b11-8-. The molecule has 15 heavy (non-hydrogen) atoms. The minimum absolute atomic E-state index is 1.09. The Morgan fingerprint density at radius 3 is 2.00 bits per heavy atom. The van der Waals surface area contributed by atoms with Crippen molar-refractivity contribution in [2.45, 2.75) is 52.9 Å². The third kappa shape index (κ3) is 7.24. The first-order valence-electron chi connectivity index (χ1n) is 6.36. The lowest BCUT2D eigenvalue weighted by Gasteiger charge is -2.24. The van der Waals surface area contributed by atoms with Crippen LogP contribution in [0, 0.1) is 0 Å². The van der Waals surface area contributed by atoms with Crippen LogP contribution in [0.5, 0.6) is 0 Å². The first kappa shape index (κ1) is 14.3. The van der Waals surface area contributed by atoms with E-state index in [1.807, 2.05) is 0 Å². The van der Waals surface area contributed by atoms with E-state index in [4.69, 9.17) is 0 Å². The summed E-state index contributed by atoms with van der Waals surface area (Å²) < 4.78 is 0. The number of rotatable bonds is 9. The first-order valence-corrected chi connectivity index (χ1v) is 6.36. The molecule has 0 unspecified atom stereocenters. The minimum Gasteiger partial charge on any atom is -0.372 e. The third-order valence-corrected chi connectivity index (χ3v) is 2.52. The summed E-state index contributed by atoms with van der Waals surface area (Å²) in [6.45, 7) is 13.1. The zero-order chi connectivity index (χ0) is 11.5. The highest BCUT2D eigenvalue weighted by Crippen LogP contribution is 2.08. The molecule has 0 saturated heterocycles. The Balaban J connectivity index is 4.07. The van der Waals surface area contributed by atoms with Crippen molar-refractivity contribution >= 4 is 0 Å². The van der Waals surface area contributed by atoms with E-state index in [0.29, 0.717) is 0 Å². The molecule has 0 spiro atoms. The number of nitrogens with zero attached hydrogens (tertiary/aromatic N) is 1. The molecule has 0 fully saturated rings. The van der Waals surface area contributed by atoms with E-state index in [1.54, 1.807) is 0 Å². The summed E-state index contributed by atoms with van der Waals surface area (Å²) in [6, 6.07) is 0. The van der Waals surface area contributed by atoms with Crippen molar-refractivity contribution in [3.8, 4) is 0 Å². The molecular weight excluding hydrogens is 182 g/mol. The van der Waals surface area contributed by atoms with Gasteiger partial charge < -0.3 is 4.90 Å². The molecule has 1 nitrogen and oxygen atoms in total. The summed E-state index contributed by atoms with van der Waals surface area (Å²) >= 11 is 0. The molecule has 0 saturated carbocycles. The Morgan fingerprint density at radius 1 is 1.07 bits per heavy atom. The molecular formula is C14H27N. The van der Waals surface area contributed by atoms with E-state index in [0.717, 1.165) is 19.5 Å². The molecule has 0 bridgehead atoms. The fraction of sp³-hybridized carbons (Fsp3) is 0.714. The highest BCUT2D eigenvalue weighted by molar-refractivity contribution is 5.13. The maximum Gasteiger partial charge on any atom is 0.0289 e. The van der Waals surface area contributed by atoms with Crippen molar-refractivity contribution in [2.75, 3.05) is 13.1 Å². The van der Waals surface area contributed by atoms with Crippen LogP contribution in [0.3, 0.4) is 0 Å². The van der Waals surface area contributed by atoms with Crippen molar-refractivity contribution in [2.24, 2.45) is 0 Å². The van der Waals surface area contributed by atoms with Crippen molar-refractivity contribution < 1.29 is 0 Å². The highest BCUT2D eigenvalue weighted by atomic mass is 15.1. The number of allylic oxidation sites excluding steroid dienone is 2. The largest absolute Gasteiger partial charge is 0.372 e. The highest BCUT2D eigenvalue weighted by Gasteiger charge is 2.03. The van der Waals surface area contributed by atoms with Crippen LogP contribution in [0.2, 0.25) is 0 Å². The summed E-state index contributed by atoms with van der Waals surface area (Å²) in [5, 5.41) is 0. The van der Waals surface area contributed by atoms with E-state index in [2.05, 4.69) is 44.4 Å². The molecule has 0 radical (unpaired) electrons. The van der Waals surface area contributed by atoms with Crippen molar-refractivity contribution in [3.63, 3.8) is 0 Å². The lowest BCUT2D eigenvalue weighted by molar-refractivity contribution is 0.342. The topological polar surface area (TPSA) is 3.24 Å². The summed E-state index contributed by atoms with van der Waals surface area (Å²) in [6.07, 6.45) is 10.5. The summed E-state index contributed by atoms with van der Waals surface area (Å²) in [4.78, 5) is 2.42. The van der Waals surface area contributed by atoms with Gasteiger partial charge in [0, 0.05) is 18.8 Å². The summed E-state index contributed by atoms with van der Waals surface area (Å²) in [5.74, 6) is 0. The zero-order valence-electron chi connectivity index (χ0n) is 10.8. The molecule has 0 aromatic rings. The SMILES string of the molecule is C=C(/C=C\CC)N(CCCC)CCCC. The van der Waals surface area contributed by atoms with E-state index in [1.165, 1.54) is 31.4 Å². The first-order chi connectivity index (χ1) is 7.26. The maximum absolute atomic E-state index is 4.14. The van der Waals surface area contributed by atoms with Gasteiger partial charge >= 0.3 is 0 Å². The van der Waals surface area contributed by atoms with Gasteiger partial charge in [-0.05, 0) is 25.3 Å². The summed E-state index contributed by atoms with van der Waals surface area (Å²) in [5.41, 5.74) is 1.18. The van der Waals surface area contributed by atoms with Crippen LogP contribution in [0.1, 0.15) is 52.9 Å². The summed E-state index contributed by atoms with van der Waals surface area (Å²) in [7, 11) is 0. The Labute approximate surface area is 95.9 Å². The fourth-order valence-electron chi connectivity index (χ4n) is 1.46. The van der Waals surface area contributed by atoms with Gasteiger partial charge in [0.25, 0.3) is 0 Å². The number of hydrogen-bond donors (Lipinski definition) is 0. The third-order valence-electron chi connectivity index (χ3n) is 2.52. The van der Waals surface area contributed by atoms with Crippen LogP contribution in [0.15, 0.2) is 24.4 Å². The predicted molar refractivity (Wildman–Crippen MR) is 70.0 cm³/mol. The number of unbranched alkanes of at least 4 members (excludes halogenated alkanes) is 2. The fourth-order valence-corrected chi connectivity index (χ4v) is 1.46. The maximum atomic E-state index is 4.14. The van der Waals surface area contributed by atoms with Gasteiger partial charge in [0.05, 0.1) is 0 Å². The van der Waals surface area contributed by atoms with Gasteiger partial charge in [-0.1, -0.05) is 46.3 Å². The van der Waals surface area contributed by atoms with E-state index < -0.39 is 0 Å². The predicted octanol–water partition coefficient (Wildman–Crippen LogP) is 4.37. The lowest BCUT2D eigenvalue weighted by Crippen LogP contribution is -2.24. The van der Waals surface area contributed by atoms with Crippen LogP contribution in [-0.4, -0.2) is 18.0 Å². The quantitative estimate of drug-likeness (QED) is 0.510. The van der Waals surface area contributed by atoms with Gasteiger partial charge in [-0.3, -0.25) is 0 Å². The molecule has 0 aliphatic heterocycles. The van der Waals surface area contributed by atoms with Gasteiger partial charge in [0.15, 0.2) is 0 Å². The van der Waals surface area contributed by atoms with E-state index in [-0.39, 0.29) is 0 Å². The lowest BCUT2D eigenvalue weighted by atomic mass is 10.2. The average Bonchev–Trinajstić information content (AvgIpc) is 2.26. The second kappa shape index (κ2) is 9.82. The van der Waals surface area contributed by atoms with Gasteiger partial charge in [0.2, 0.25) is 0 Å². The average molecular weight is 209 g/mol. The van der Waals surface area contributed by atoms with Gasteiger partial charge in [-0.25, -0.2) is 0 Å². The Bertz CT molecular complexity index is 174. The molecule has 0 aromatic carbocycles. The monoisotopic (exact) mass is 209 g/mol.